The summed E-state index contributed by atoms with van der Waals surface area (Å²) in [6.07, 6.45) is 8.39. The Hall–Kier alpha value is -2.86. The molecule has 3 heteroatoms. The maximum absolute atomic E-state index is 12.3. The van der Waals surface area contributed by atoms with Crippen molar-refractivity contribution in [1.82, 2.24) is 0 Å². The number of esters is 1. The molecule has 140 valence electrons. The van der Waals surface area contributed by atoms with Gasteiger partial charge in [-0.2, -0.15) is 5.26 Å². The van der Waals surface area contributed by atoms with E-state index in [9.17, 15) is 10.1 Å². The second-order valence-corrected chi connectivity index (χ2v) is 6.68. The summed E-state index contributed by atoms with van der Waals surface area (Å²) in [6, 6.07) is 17.2. The smallest absolute Gasteiger partial charge is 0.336 e. The molecule has 0 aliphatic heterocycles. The third-order valence-corrected chi connectivity index (χ3v) is 4.71. The molecule has 2 rings (SSSR count). The molecule has 0 amide bonds. The normalized spacial score (nSPS) is 11.9. The molecule has 1 atom stereocenters. The fourth-order valence-corrected chi connectivity index (χ4v) is 3.08. The Morgan fingerprint density at radius 2 is 1.93 bits per heavy atom. The fraction of sp³-hybridized carbons (Fsp3) is 0.333. The molecule has 2 aromatic rings. The minimum atomic E-state index is -0.434. The summed E-state index contributed by atoms with van der Waals surface area (Å²) in [7, 11) is 0. The average Bonchev–Trinajstić information content (AvgIpc) is 2.71. The number of unbranched alkanes of at least 4 members (excludes halogenated alkanes) is 1. The summed E-state index contributed by atoms with van der Waals surface area (Å²) >= 11 is 0. The molecule has 0 fully saturated rings. The minimum Gasteiger partial charge on any atom is -0.423 e. The zero-order chi connectivity index (χ0) is 19.5. The highest BCUT2D eigenvalue weighted by molar-refractivity contribution is 5.89. The second-order valence-electron chi connectivity index (χ2n) is 6.68. The Bertz CT molecular complexity index is 803. The van der Waals surface area contributed by atoms with Crippen molar-refractivity contribution in [3.8, 4) is 11.8 Å². The number of nitrogens with zero attached hydrogens (tertiary/aromatic N) is 1. The number of carbonyl (C=O) groups is 1. The van der Waals surface area contributed by atoms with Crippen molar-refractivity contribution >= 4 is 12.0 Å². The van der Waals surface area contributed by atoms with Crippen LogP contribution in [0.5, 0.6) is 5.75 Å². The van der Waals surface area contributed by atoms with Gasteiger partial charge >= 0.3 is 5.97 Å². The molecule has 3 nitrogen and oxygen atoms in total. The van der Waals surface area contributed by atoms with E-state index >= 15 is 0 Å². The largest absolute Gasteiger partial charge is 0.423 e. The van der Waals surface area contributed by atoms with E-state index in [0.29, 0.717) is 17.2 Å². The number of rotatable bonds is 9. The Labute approximate surface area is 162 Å². The topological polar surface area (TPSA) is 50.1 Å². The number of carbonyl (C=O) groups excluding carboxylic acids is 1. The molecule has 0 saturated carbocycles. The highest BCUT2D eigenvalue weighted by atomic mass is 16.5. The summed E-state index contributed by atoms with van der Waals surface area (Å²) in [5, 5.41) is 9.49. The van der Waals surface area contributed by atoms with E-state index < -0.39 is 5.97 Å². The lowest BCUT2D eigenvalue weighted by Crippen LogP contribution is -2.10. The van der Waals surface area contributed by atoms with Crippen molar-refractivity contribution in [3.63, 3.8) is 0 Å². The van der Waals surface area contributed by atoms with Gasteiger partial charge in [-0.15, -0.1) is 0 Å². The molecular weight excluding hydrogens is 334 g/mol. The molecule has 0 aromatic heterocycles. The van der Waals surface area contributed by atoms with E-state index in [1.807, 2.05) is 30.3 Å². The predicted molar refractivity (Wildman–Crippen MR) is 109 cm³/mol. The van der Waals surface area contributed by atoms with Gasteiger partial charge in [0.1, 0.15) is 5.75 Å². The zero-order valence-electron chi connectivity index (χ0n) is 16.2. The van der Waals surface area contributed by atoms with Gasteiger partial charge in [0.15, 0.2) is 0 Å². The number of benzene rings is 2. The summed E-state index contributed by atoms with van der Waals surface area (Å²) in [4.78, 5) is 12.3. The van der Waals surface area contributed by atoms with Crippen LogP contribution in [0.15, 0.2) is 54.6 Å². The quantitative estimate of drug-likeness (QED) is 0.316. The molecule has 0 heterocycles. The maximum atomic E-state index is 12.3. The van der Waals surface area contributed by atoms with Crippen molar-refractivity contribution in [2.24, 2.45) is 5.92 Å². The van der Waals surface area contributed by atoms with E-state index in [1.165, 1.54) is 12.5 Å². The molecule has 0 spiro atoms. The Morgan fingerprint density at radius 3 is 2.59 bits per heavy atom. The van der Waals surface area contributed by atoms with Gasteiger partial charge in [-0.1, -0.05) is 75.9 Å². The van der Waals surface area contributed by atoms with Crippen LogP contribution in [0.3, 0.4) is 0 Å². The first kappa shape index (κ1) is 20.5. The van der Waals surface area contributed by atoms with Crippen LogP contribution in [0.25, 0.3) is 6.08 Å². The van der Waals surface area contributed by atoms with Gasteiger partial charge in [-0.25, -0.2) is 4.79 Å². The third kappa shape index (κ3) is 6.42. The molecule has 0 bridgehead atoms. The molecule has 1 unspecified atom stereocenters. The third-order valence-electron chi connectivity index (χ3n) is 4.71. The van der Waals surface area contributed by atoms with E-state index in [4.69, 9.17) is 4.74 Å². The zero-order valence-corrected chi connectivity index (χ0v) is 16.2. The molecule has 0 radical (unpaired) electrons. The monoisotopic (exact) mass is 361 g/mol. The van der Waals surface area contributed by atoms with Crippen molar-refractivity contribution in [1.29, 1.82) is 5.26 Å². The first-order chi connectivity index (χ1) is 13.2. The van der Waals surface area contributed by atoms with Gasteiger partial charge in [0.05, 0.1) is 11.6 Å². The molecule has 0 aliphatic rings. The molecule has 27 heavy (non-hydrogen) atoms. The second kappa shape index (κ2) is 11.0. The Balaban J connectivity index is 2.17. The number of hydrogen-bond donors (Lipinski definition) is 0. The SMILES string of the molecule is CCCCC(CC)Cc1c(C#N)cccc1OC(=O)/C=C/c1ccccc1. The summed E-state index contributed by atoms with van der Waals surface area (Å²) < 4.78 is 5.58. The van der Waals surface area contributed by atoms with Crippen LogP contribution in [0.4, 0.5) is 0 Å². The standard InChI is InChI=1S/C24H27NO2/c1-3-5-10-19(4-2)17-22-21(18-25)13-9-14-23(22)27-24(26)16-15-20-11-7-6-8-12-20/h6-9,11-16,19H,3-5,10,17H2,1-2H3/b16-15+. The van der Waals surface area contributed by atoms with Gasteiger partial charge in [0.2, 0.25) is 0 Å². The van der Waals surface area contributed by atoms with Crippen LogP contribution in [-0.4, -0.2) is 5.97 Å². The van der Waals surface area contributed by atoms with E-state index in [0.717, 1.165) is 36.8 Å². The fourth-order valence-electron chi connectivity index (χ4n) is 3.08. The van der Waals surface area contributed by atoms with Crippen molar-refractivity contribution < 1.29 is 9.53 Å². The van der Waals surface area contributed by atoms with Crippen LogP contribution < -0.4 is 4.74 Å². The summed E-state index contributed by atoms with van der Waals surface area (Å²) in [5.74, 6) is 0.542. The number of hydrogen-bond acceptors (Lipinski definition) is 3. The van der Waals surface area contributed by atoms with Gasteiger partial charge in [0.25, 0.3) is 0 Å². The summed E-state index contributed by atoms with van der Waals surface area (Å²) in [5.41, 5.74) is 2.36. The maximum Gasteiger partial charge on any atom is 0.336 e. The first-order valence-corrected chi connectivity index (χ1v) is 9.64. The van der Waals surface area contributed by atoms with E-state index in [2.05, 4.69) is 19.9 Å². The van der Waals surface area contributed by atoms with Gasteiger partial charge in [0, 0.05) is 11.6 Å². The van der Waals surface area contributed by atoms with Gasteiger partial charge in [-0.3, -0.25) is 0 Å². The molecule has 0 N–H and O–H groups in total. The number of nitriles is 1. The Kier molecular flexibility index (Phi) is 8.32. The minimum absolute atomic E-state index is 0.434. The highest BCUT2D eigenvalue weighted by Crippen LogP contribution is 2.28. The predicted octanol–water partition coefficient (Wildman–Crippen LogP) is 5.94. The van der Waals surface area contributed by atoms with Crippen molar-refractivity contribution in [3.05, 3.63) is 71.3 Å². The van der Waals surface area contributed by atoms with E-state index in [1.54, 1.807) is 24.3 Å². The summed E-state index contributed by atoms with van der Waals surface area (Å²) in [6.45, 7) is 4.35. The van der Waals surface area contributed by atoms with E-state index in [-0.39, 0.29) is 0 Å². The van der Waals surface area contributed by atoms with Crippen LogP contribution >= 0.6 is 0 Å². The van der Waals surface area contributed by atoms with Crippen LogP contribution in [0.1, 0.15) is 56.2 Å². The van der Waals surface area contributed by atoms with Gasteiger partial charge in [-0.05, 0) is 36.1 Å². The van der Waals surface area contributed by atoms with Crippen molar-refractivity contribution in [2.45, 2.75) is 46.0 Å². The number of ether oxygens (including phenoxy) is 1. The first-order valence-electron chi connectivity index (χ1n) is 9.64. The average molecular weight is 361 g/mol. The highest BCUT2D eigenvalue weighted by Gasteiger charge is 2.16. The molecular formula is C24H27NO2. The van der Waals surface area contributed by atoms with Crippen LogP contribution in [-0.2, 0) is 11.2 Å². The lowest BCUT2D eigenvalue weighted by atomic mass is 9.89. The molecule has 0 aliphatic carbocycles. The van der Waals surface area contributed by atoms with Crippen LogP contribution in [0.2, 0.25) is 0 Å². The molecule has 0 saturated heterocycles. The lowest BCUT2D eigenvalue weighted by Gasteiger charge is -2.17. The molecule has 2 aromatic carbocycles. The van der Waals surface area contributed by atoms with Crippen molar-refractivity contribution in [2.75, 3.05) is 0 Å². The van der Waals surface area contributed by atoms with Gasteiger partial charge < -0.3 is 4.74 Å². The lowest BCUT2D eigenvalue weighted by molar-refractivity contribution is -0.128. The Morgan fingerprint density at radius 1 is 1.15 bits per heavy atom. The van der Waals surface area contributed by atoms with Crippen LogP contribution in [0, 0.1) is 17.2 Å².